The number of fused-ring (bicyclic) bond motifs is 1. The van der Waals surface area contributed by atoms with E-state index in [2.05, 4.69) is 4.98 Å². The fourth-order valence-corrected chi connectivity index (χ4v) is 2.98. The first kappa shape index (κ1) is 19.1. The number of aromatic amines is 1. The van der Waals surface area contributed by atoms with Gasteiger partial charge in [0.25, 0.3) is 0 Å². The van der Waals surface area contributed by atoms with Gasteiger partial charge in [0.2, 0.25) is 5.56 Å². The Labute approximate surface area is 157 Å². The van der Waals surface area contributed by atoms with Gasteiger partial charge in [-0.3, -0.25) is 4.79 Å². The van der Waals surface area contributed by atoms with Crippen LogP contribution in [0, 0.1) is 0 Å². The first-order valence-corrected chi connectivity index (χ1v) is 8.87. The van der Waals surface area contributed by atoms with E-state index in [9.17, 15) is 15.0 Å². The molecule has 1 heterocycles. The Balaban J connectivity index is 1.49. The monoisotopic (exact) mass is 368 g/mol. The van der Waals surface area contributed by atoms with Crippen molar-refractivity contribution >= 4 is 10.9 Å². The fourth-order valence-electron chi connectivity index (χ4n) is 2.98. The van der Waals surface area contributed by atoms with Crippen molar-refractivity contribution in [3.05, 3.63) is 76.6 Å². The standard InChI is InChI=1S/C21H24N2O4/c1-23(13-20(25)15-5-3-2-4-6-15)12-17(24)14-27-18-8-9-19-16(11-18)7-10-21(26)22-19/h2-11,17,20,24-25H,12-14H2,1H3,(H,22,26). The molecule has 0 aliphatic rings. The minimum absolute atomic E-state index is 0.140. The highest BCUT2D eigenvalue weighted by Crippen LogP contribution is 2.18. The first-order valence-electron chi connectivity index (χ1n) is 8.87. The third-order valence-electron chi connectivity index (χ3n) is 4.33. The van der Waals surface area contributed by atoms with Crippen LogP contribution in [0.4, 0.5) is 0 Å². The fraction of sp³-hybridized carbons (Fsp3) is 0.286. The Hall–Kier alpha value is -2.67. The summed E-state index contributed by atoms with van der Waals surface area (Å²) in [5.74, 6) is 0.626. The molecule has 1 aromatic heterocycles. The van der Waals surface area contributed by atoms with Gasteiger partial charge >= 0.3 is 0 Å². The van der Waals surface area contributed by atoms with E-state index in [4.69, 9.17) is 4.74 Å². The van der Waals surface area contributed by atoms with Crippen LogP contribution in [-0.2, 0) is 0 Å². The van der Waals surface area contributed by atoms with Crippen LogP contribution in [0.25, 0.3) is 10.9 Å². The number of hydrogen-bond acceptors (Lipinski definition) is 5. The van der Waals surface area contributed by atoms with Crippen molar-refractivity contribution in [2.24, 2.45) is 0 Å². The van der Waals surface area contributed by atoms with E-state index in [-0.39, 0.29) is 12.2 Å². The van der Waals surface area contributed by atoms with Gasteiger partial charge in [-0.15, -0.1) is 0 Å². The van der Waals surface area contributed by atoms with Crippen LogP contribution >= 0.6 is 0 Å². The van der Waals surface area contributed by atoms with Crippen molar-refractivity contribution in [3.63, 3.8) is 0 Å². The van der Waals surface area contributed by atoms with Crippen molar-refractivity contribution in [1.82, 2.24) is 9.88 Å². The maximum atomic E-state index is 11.3. The lowest BCUT2D eigenvalue weighted by Crippen LogP contribution is -2.35. The molecule has 0 saturated heterocycles. The molecule has 0 bridgehead atoms. The highest BCUT2D eigenvalue weighted by atomic mass is 16.5. The number of pyridine rings is 1. The van der Waals surface area contributed by atoms with E-state index in [1.807, 2.05) is 48.3 Å². The second-order valence-corrected chi connectivity index (χ2v) is 6.68. The molecule has 0 aliphatic heterocycles. The molecular weight excluding hydrogens is 344 g/mol. The quantitative estimate of drug-likeness (QED) is 0.566. The number of aromatic nitrogens is 1. The Morgan fingerprint density at radius 1 is 1.04 bits per heavy atom. The van der Waals surface area contributed by atoms with Gasteiger partial charge in [-0.25, -0.2) is 0 Å². The second kappa shape index (κ2) is 8.81. The summed E-state index contributed by atoms with van der Waals surface area (Å²) in [7, 11) is 1.85. The third kappa shape index (κ3) is 5.40. The zero-order valence-corrected chi connectivity index (χ0v) is 15.2. The summed E-state index contributed by atoms with van der Waals surface area (Å²) in [4.78, 5) is 15.9. The zero-order valence-electron chi connectivity index (χ0n) is 15.2. The van der Waals surface area contributed by atoms with Crippen LogP contribution in [0.1, 0.15) is 11.7 Å². The molecule has 2 aromatic carbocycles. The zero-order chi connectivity index (χ0) is 19.2. The predicted molar refractivity (Wildman–Crippen MR) is 105 cm³/mol. The number of H-pyrrole nitrogens is 1. The Kier molecular flexibility index (Phi) is 6.24. The molecule has 3 N–H and O–H groups in total. The molecule has 2 atom stereocenters. The van der Waals surface area contributed by atoms with E-state index in [0.29, 0.717) is 18.8 Å². The van der Waals surface area contributed by atoms with Gasteiger partial charge in [0.15, 0.2) is 0 Å². The van der Waals surface area contributed by atoms with Gasteiger partial charge in [-0.1, -0.05) is 30.3 Å². The van der Waals surface area contributed by atoms with Crippen LogP contribution in [0.5, 0.6) is 5.75 Å². The summed E-state index contributed by atoms with van der Waals surface area (Å²) in [5, 5.41) is 21.3. The average molecular weight is 368 g/mol. The molecular formula is C21H24N2O4. The summed E-state index contributed by atoms with van der Waals surface area (Å²) >= 11 is 0. The average Bonchev–Trinajstić information content (AvgIpc) is 2.66. The molecule has 0 aliphatic carbocycles. The number of aliphatic hydroxyl groups is 2. The third-order valence-corrected chi connectivity index (χ3v) is 4.33. The summed E-state index contributed by atoms with van der Waals surface area (Å²) in [6, 6.07) is 18.0. The van der Waals surface area contributed by atoms with Gasteiger partial charge < -0.3 is 24.8 Å². The molecule has 27 heavy (non-hydrogen) atoms. The Morgan fingerprint density at radius 2 is 1.81 bits per heavy atom. The highest BCUT2D eigenvalue weighted by molar-refractivity contribution is 5.79. The lowest BCUT2D eigenvalue weighted by Gasteiger charge is -2.23. The first-order chi connectivity index (χ1) is 13.0. The molecule has 142 valence electrons. The molecule has 0 radical (unpaired) electrons. The number of hydrogen-bond donors (Lipinski definition) is 3. The number of benzene rings is 2. The van der Waals surface area contributed by atoms with Crippen molar-refractivity contribution in [3.8, 4) is 5.75 Å². The highest BCUT2D eigenvalue weighted by Gasteiger charge is 2.14. The summed E-state index contributed by atoms with van der Waals surface area (Å²) in [6.45, 7) is 0.940. The summed E-state index contributed by atoms with van der Waals surface area (Å²) in [5.41, 5.74) is 1.45. The Morgan fingerprint density at radius 3 is 2.59 bits per heavy atom. The van der Waals surface area contributed by atoms with Crippen molar-refractivity contribution in [1.29, 1.82) is 0 Å². The number of ether oxygens (including phenoxy) is 1. The van der Waals surface area contributed by atoms with Crippen molar-refractivity contribution < 1.29 is 14.9 Å². The lowest BCUT2D eigenvalue weighted by molar-refractivity contribution is 0.0560. The molecule has 3 rings (SSSR count). The van der Waals surface area contributed by atoms with Crippen molar-refractivity contribution in [2.45, 2.75) is 12.2 Å². The maximum absolute atomic E-state index is 11.3. The maximum Gasteiger partial charge on any atom is 0.248 e. The number of aliphatic hydroxyl groups excluding tert-OH is 2. The number of nitrogens with one attached hydrogen (secondary N) is 1. The Bertz CT molecular complexity index is 926. The molecule has 0 spiro atoms. The molecule has 3 aromatic rings. The topological polar surface area (TPSA) is 85.8 Å². The van der Waals surface area contributed by atoms with Crippen LogP contribution in [0.2, 0.25) is 0 Å². The van der Waals surface area contributed by atoms with Crippen LogP contribution in [0.3, 0.4) is 0 Å². The minimum atomic E-state index is -0.691. The van der Waals surface area contributed by atoms with E-state index >= 15 is 0 Å². The van der Waals surface area contributed by atoms with Gasteiger partial charge in [0.05, 0.1) is 6.10 Å². The number of rotatable bonds is 8. The SMILES string of the molecule is CN(CC(O)COc1ccc2[nH]c(=O)ccc2c1)CC(O)c1ccccc1. The minimum Gasteiger partial charge on any atom is -0.491 e. The molecule has 2 unspecified atom stereocenters. The smallest absolute Gasteiger partial charge is 0.248 e. The predicted octanol–water partition coefficient (Wildman–Crippen LogP) is 1.93. The van der Waals surface area contributed by atoms with E-state index in [0.717, 1.165) is 16.5 Å². The second-order valence-electron chi connectivity index (χ2n) is 6.68. The van der Waals surface area contributed by atoms with E-state index in [1.54, 1.807) is 18.2 Å². The molecule has 0 saturated carbocycles. The van der Waals surface area contributed by atoms with Gasteiger partial charge in [-0.05, 0) is 36.9 Å². The lowest BCUT2D eigenvalue weighted by atomic mass is 10.1. The number of likely N-dealkylation sites (N-methyl/N-ethyl adjacent to an activating group) is 1. The van der Waals surface area contributed by atoms with Crippen LogP contribution in [0.15, 0.2) is 65.5 Å². The van der Waals surface area contributed by atoms with Crippen LogP contribution < -0.4 is 10.3 Å². The van der Waals surface area contributed by atoms with Gasteiger partial charge in [0.1, 0.15) is 18.5 Å². The molecule has 0 fully saturated rings. The van der Waals surface area contributed by atoms with E-state index in [1.165, 1.54) is 6.07 Å². The van der Waals surface area contributed by atoms with Crippen LogP contribution in [-0.4, -0.2) is 52.9 Å². The summed E-state index contributed by atoms with van der Waals surface area (Å²) in [6.07, 6.45) is -1.30. The van der Waals surface area contributed by atoms with Crippen molar-refractivity contribution in [2.75, 3.05) is 26.7 Å². The molecule has 0 amide bonds. The number of nitrogens with zero attached hydrogens (tertiary/aromatic N) is 1. The van der Waals surface area contributed by atoms with Gasteiger partial charge in [0, 0.05) is 30.1 Å². The molecule has 6 nitrogen and oxygen atoms in total. The molecule has 6 heteroatoms. The van der Waals surface area contributed by atoms with Gasteiger partial charge in [-0.2, -0.15) is 0 Å². The summed E-state index contributed by atoms with van der Waals surface area (Å²) < 4.78 is 5.67. The van der Waals surface area contributed by atoms with E-state index < -0.39 is 12.2 Å². The largest absolute Gasteiger partial charge is 0.491 e. The normalized spacial score (nSPS) is 13.6.